The minimum Gasteiger partial charge on any atom is -0.324 e. The third-order valence-electron chi connectivity index (χ3n) is 7.09. The zero-order valence-corrected chi connectivity index (χ0v) is 25.8. The lowest BCUT2D eigenvalue weighted by atomic mass is 9.87. The molecule has 1 N–H and O–H groups in total. The van der Waals surface area contributed by atoms with Gasteiger partial charge in [0.05, 0.1) is 12.8 Å². The Kier molecular flexibility index (Phi) is 21.1. The van der Waals surface area contributed by atoms with Crippen molar-refractivity contribution in [3.05, 3.63) is 35.4 Å². The fourth-order valence-electron chi connectivity index (χ4n) is 4.79. The van der Waals surface area contributed by atoms with Crippen LogP contribution in [0, 0.1) is 0 Å². The molecule has 37 heavy (non-hydrogen) atoms. The fraction of sp³-hybridized carbons (Fsp3) is 0.806. The average molecular weight is 556 g/mol. The summed E-state index contributed by atoms with van der Waals surface area (Å²) >= 11 is 2.11. The van der Waals surface area contributed by atoms with Gasteiger partial charge in [-0.25, -0.2) is 5.11 Å². The molecule has 1 aromatic rings. The number of aryl methyl sites for hydroxylation is 1. The summed E-state index contributed by atoms with van der Waals surface area (Å²) in [6, 6.07) is 8.20. The molecular weight excluding hydrogens is 499 g/mol. The SMILES string of the molecule is CCCCCCCCCCSCCCCCCCC(c1cccc(CC)c1)C([O])CP(=O)(O)OCCC. The van der Waals surface area contributed by atoms with Crippen molar-refractivity contribution in [1.29, 1.82) is 0 Å². The maximum Gasteiger partial charge on any atom is 0.330 e. The van der Waals surface area contributed by atoms with Crippen LogP contribution in [0.2, 0.25) is 0 Å². The molecule has 0 aliphatic rings. The van der Waals surface area contributed by atoms with E-state index in [-0.39, 0.29) is 18.7 Å². The minimum atomic E-state index is -3.85. The summed E-state index contributed by atoms with van der Waals surface area (Å²) in [5.41, 5.74) is 2.21. The largest absolute Gasteiger partial charge is 0.330 e. The first-order chi connectivity index (χ1) is 17.9. The molecule has 0 fully saturated rings. The molecule has 6 heteroatoms. The van der Waals surface area contributed by atoms with Crippen LogP contribution in [-0.2, 0) is 20.6 Å². The van der Waals surface area contributed by atoms with E-state index in [1.807, 2.05) is 19.1 Å². The summed E-state index contributed by atoms with van der Waals surface area (Å²) in [6.07, 6.45) is 17.8. The quantitative estimate of drug-likeness (QED) is 0.0963. The van der Waals surface area contributed by atoms with Crippen molar-refractivity contribution in [3.63, 3.8) is 0 Å². The average Bonchev–Trinajstić information content (AvgIpc) is 2.89. The maximum atomic E-state index is 13.2. The number of rotatable bonds is 25. The molecule has 4 nitrogen and oxygen atoms in total. The highest BCUT2D eigenvalue weighted by molar-refractivity contribution is 7.99. The fourth-order valence-corrected chi connectivity index (χ4v) is 7.09. The third-order valence-corrected chi connectivity index (χ3v) is 9.65. The second-order valence-corrected chi connectivity index (χ2v) is 13.7. The van der Waals surface area contributed by atoms with Crippen LogP contribution >= 0.6 is 19.4 Å². The lowest BCUT2D eigenvalue weighted by molar-refractivity contribution is 0.0727. The van der Waals surface area contributed by atoms with E-state index in [0.717, 1.165) is 31.2 Å². The van der Waals surface area contributed by atoms with E-state index in [9.17, 15) is 14.6 Å². The third kappa shape index (κ3) is 17.8. The highest BCUT2D eigenvalue weighted by Crippen LogP contribution is 2.45. The van der Waals surface area contributed by atoms with Gasteiger partial charge in [-0.3, -0.25) is 4.57 Å². The van der Waals surface area contributed by atoms with Gasteiger partial charge in [0.1, 0.15) is 6.10 Å². The number of benzene rings is 1. The molecule has 3 unspecified atom stereocenters. The highest BCUT2D eigenvalue weighted by atomic mass is 32.2. The monoisotopic (exact) mass is 555 g/mol. The smallest absolute Gasteiger partial charge is 0.324 e. The first-order valence-corrected chi connectivity index (χ1v) is 18.1. The molecular formula is C31H56O4PS. The van der Waals surface area contributed by atoms with Crippen LogP contribution in [-0.4, -0.2) is 35.3 Å². The standard InChI is InChI=1S/C31H56O4PS/c1-4-7-8-9-10-11-14-17-24-37-25-18-15-12-13-16-22-30(29-21-19-20-28(6-3)26-29)31(32)27-36(33,34)35-23-5-2/h19-21,26,30-31H,4-18,22-25,27H2,1-3H3,(H,33,34). The zero-order valence-electron chi connectivity index (χ0n) is 24.1. The summed E-state index contributed by atoms with van der Waals surface area (Å²) < 4.78 is 17.5. The number of hydrogen-bond donors (Lipinski definition) is 1. The lowest BCUT2D eigenvalue weighted by Gasteiger charge is -2.24. The van der Waals surface area contributed by atoms with Crippen molar-refractivity contribution in [2.45, 2.75) is 136 Å². The van der Waals surface area contributed by atoms with E-state index in [4.69, 9.17) is 4.52 Å². The van der Waals surface area contributed by atoms with Gasteiger partial charge in [-0.15, -0.1) is 0 Å². The molecule has 1 rings (SSSR count). The van der Waals surface area contributed by atoms with E-state index in [2.05, 4.69) is 37.7 Å². The van der Waals surface area contributed by atoms with E-state index in [1.54, 1.807) is 0 Å². The lowest BCUT2D eigenvalue weighted by Crippen LogP contribution is -2.22. The predicted octanol–water partition coefficient (Wildman–Crippen LogP) is 9.96. The van der Waals surface area contributed by atoms with E-state index in [1.165, 1.54) is 87.7 Å². The predicted molar refractivity (Wildman–Crippen MR) is 162 cm³/mol. The molecule has 215 valence electrons. The minimum absolute atomic E-state index is 0.216. The molecule has 0 bridgehead atoms. The normalized spacial score (nSPS) is 14.9. The molecule has 3 atom stereocenters. The summed E-state index contributed by atoms with van der Waals surface area (Å²) in [6.45, 7) is 6.49. The molecule has 1 radical (unpaired) electrons. The van der Waals surface area contributed by atoms with E-state index in [0.29, 0.717) is 6.42 Å². The molecule has 0 spiro atoms. The van der Waals surface area contributed by atoms with Crippen molar-refractivity contribution in [3.8, 4) is 0 Å². The van der Waals surface area contributed by atoms with Gasteiger partial charge < -0.3 is 9.42 Å². The van der Waals surface area contributed by atoms with Crippen LogP contribution in [0.15, 0.2) is 24.3 Å². The van der Waals surface area contributed by atoms with Gasteiger partial charge in [-0.05, 0) is 54.7 Å². The molecule has 0 saturated carbocycles. The van der Waals surface area contributed by atoms with E-state index < -0.39 is 13.7 Å². The van der Waals surface area contributed by atoms with Crippen molar-refractivity contribution >= 4 is 19.4 Å². The first kappa shape index (κ1) is 34.7. The Morgan fingerprint density at radius 3 is 2.03 bits per heavy atom. The molecule has 0 aliphatic carbocycles. The second kappa shape index (κ2) is 22.5. The number of thioether (sulfide) groups is 1. The molecule has 0 amide bonds. The van der Waals surface area contributed by atoms with E-state index >= 15 is 0 Å². The van der Waals surface area contributed by atoms with Crippen molar-refractivity contribution in [2.24, 2.45) is 0 Å². The van der Waals surface area contributed by atoms with Gasteiger partial charge >= 0.3 is 7.60 Å². The maximum absolute atomic E-state index is 13.2. The number of unbranched alkanes of at least 4 members (excludes halogenated alkanes) is 11. The van der Waals surface area contributed by atoms with Gasteiger partial charge in [0, 0.05) is 5.92 Å². The van der Waals surface area contributed by atoms with Crippen LogP contribution in [0.5, 0.6) is 0 Å². The highest BCUT2D eigenvalue weighted by Gasteiger charge is 2.31. The first-order valence-electron chi connectivity index (χ1n) is 15.2. The molecule has 0 saturated heterocycles. The molecule has 0 aromatic heterocycles. The summed E-state index contributed by atoms with van der Waals surface area (Å²) in [4.78, 5) is 10.2. The number of hydrogen-bond acceptors (Lipinski definition) is 3. The van der Waals surface area contributed by atoms with Crippen LogP contribution in [0.4, 0.5) is 0 Å². The summed E-state index contributed by atoms with van der Waals surface area (Å²) in [5, 5.41) is 13.2. The van der Waals surface area contributed by atoms with Crippen LogP contribution < -0.4 is 0 Å². The van der Waals surface area contributed by atoms with Gasteiger partial charge in [0.25, 0.3) is 0 Å². The zero-order chi connectivity index (χ0) is 27.2. The Labute approximate surface area is 233 Å². The Morgan fingerprint density at radius 1 is 0.838 bits per heavy atom. The summed E-state index contributed by atoms with van der Waals surface area (Å²) in [5.74, 6) is 2.31. The Bertz CT molecular complexity index is 714. The second-order valence-electron chi connectivity index (χ2n) is 10.5. The topological polar surface area (TPSA) is 66.4 Å². The van der Waals surface area contributed by atoms with Crippen molar-refractivity contribution in [1.82, 2.24) is 0 Å². The van der Waals surface area contributed by atoms with Crippen LogP contribution in [0.3, 0.4) is 0 Å². The van der Waals surface area contributed by atoms with Gasteiger partial charge in [0.15, 0.2) is 0 Å². The Hall–Kier alpha value is -0.320. The Morgan fingerprint density at radius 2 is 1.43 bits per heavy atom. The summed E-state index contributed by atoms with van der Waals surface area (Å²) in [7, 11) is -3.85. The van der Waals surface area contributed by atoms with Crippen molar-refractivity contribution < 1.29 is 19.1 Å². The molecule has 1 aromatic carbocycles. The molecule has 0 heterocycles. The van der Waals surface area contributed by atoms with Crippen molar-refractivity contribution in [2.75, 3.05) is 24.3 Å². The van der Waals surface area contributed by atoms with Gasteiger partial charge in [-0.2, -0.15) is 11.8 Å². The van der Waals surface area contributed by atoms with Crippen LogP contribution in [0.25, 0.3) is 0 Å². The molecule has 0 aliphatic heterocycles. The van der Waals surface area contributed by atoms with Gasteiger partial charge in [0.2, 0.25) is 0 Å². The van der Waals surface area contributed by atoms with Crippen LogP contribution in [0.1, 0.15) is 134 Å². The Balaban J connectivity index is 2.29. The van der Waals surface area contributed by atoms with Gasteiger partial charge in [-0.1, -0.05) is 116 Å².